The van der Waals surface area contributed by atoms with Crippen LogP contribution in [-0.2, 0) is 0 Å². The van der Waals surface area contributed by atoms with Crippen molar-refractivity contribution in [3.05, 3.63) is 24.3 Å². The third-order valence-electron chi connectivity index (χ3n) is 3.10. The highest BCUT2D eigenvalue weighted by atomic mass is 16.5. The molecule has 1 saturated carbocycles. The minimum atomic E-state index is 0.273. The van der Waals surface area contributed by atoms with Crippen LogP contribution < -0.4 is 15.8 Å². The van der Waals surface area contributed by atoms with Gasteiger partial charge in [-0.1, -0.05) is 12.1 Å². The SMILES string of the molecule is CCOc1ccccc1N[C@H]1CCC[C@@H]1N. The number of hydrogen-bond acceptors (Lipinski definition) is 3. The standard InChI is InChI=1S/C13H20N2O/c1-2-16-13-9-4-3-7-12(13)15-11-8-5-6-10(11)14/h3-4,7,9-11,15H,2,5-6,8,14H2,1H3/t10-,11-/m0/s1. The quantitative estimate of drug-likeness (QED) is 0.819. The lowest BCUT2D eigenvalue weighted by Crippen LogP contribution is -2.35. The van der Waals surface area contributed by atoms with Crippen molar-refractivity contribution in [2.24, 2.45) is 5.73 Å². The van der Waals surface area contributed by atoms with E-state index in [9.17, 15) is 0 Å². The van der Waals surface area contributed by atoms with Crippen molar-refractivity contribution < 1.29 is 4.74 Å². The van der Waals surface area contributed by atoms with Gasteiger partial charge in [0.25, 0.3) is 0 Å². The van der Waals surface area contributed by atoms with E-state index in [0.717, 1.165) is 24.3 Å². The maximum absolute atomic E-state index is 6.05. The largest absolute Gasteiger partial charge is 0.492 e. The zero-order chi connectivity index (χ0) is 11.4. The number of anilines is 1. The van der Waals surface area contributed by atoms with Crippen LogP contribution in [0.15, 0.2) is 24.3 Å². The lowest BCUT2D eigenvalue weighted by Gasteiger charge is -2.20. The maximum atomic E-state index is 6.05. The average molecular weight is 220 g/mol. The van der Waals surface area contributed by atoms with E-state index in [1.54, 1.807) is 0 Å². The summed E-state index contributed by atoms with van der Waals surface area (Å²) in [5, 5.41) is 3.49. The number of nitrogens with one attached hydrogen (secondary N) is 1. The van der Waals surface area contributed by atoms with Crippen LogP contribution in [0.3, 0.4) is 0 Å². The summed E-state index contributed by atoms with van der Waals surface area (Å²) in [4.78, 5) is 0. The van der Waals surface area contributed by atoms with E-state index >= 15 is 0 Å². The van der Waals surface area contributed by atoms with Crippen molar-refractivity contribution in [2.75, 3.05) is 11.9 Å². The van der Waals surface area contributed by atoms with Crippen LogP contribution in [-0.4, -0.2) is 18.7 Å². The molecule has 0 amide bonds. The summed E-state index contributed by atoms with van der Waals surface area (Å²) in [6.45, 7) is 2.69. The second kappa shape index (κ2) is 5.21. The molecule has 88 valence electrons. The van der Waals surface area contributed by atoms with Crippen LogP contribution in [0.25, 0.3) is 0 Å². The van der Waals surface area contributed by atoms with Gasteiger partial charge in [0.1, 0.15) is 5.75 Å². The molecule has 3 heteroatoms. The molecule has 0 spiro atoms. The van der Waals surface area contributed by atoms with Crippen LogP contribution in [0.2, 0.25) is 0 Å². The van der Waals surface area contributed by atoms with E-state index in [2.05, 4.69) is 11.4 Å². The van der Waals surface area contributed by atoms with Gasteiger partial charge in [-0.15, -0.1) is 0 Å². The second-order valence-electron chi connectivity index (χ2n) is 4.27. The summed E-state index contributed by atoms with van der Waals surface area (Å²) < 4.78 is 5.58. The number of nitrogens with two attached hydrogens (primary N) is 1. The first-order chi connectivity index (χ1) is 7.81. The summed E-state index contributed by atoms with van der Waals surface area (Å²) in [7, 11) is 0. The first-order valence-corrected chi connectivity index (χ1v) is 6.05. The van der Waals surface area contributed by atoms with E-state index in [-0.39, 0.29) is 6.04 Å². The van der Waals surface area contributed by atoms with E-state index in [4.69, 9.17) is 10.5 Å². The first kappa shape index (κ1) is 11.3. The zero-order valence-corrected chi connectivity index (χ0v) is 9.78. The van der Waals surface area contributed by atoms with Gasteiger partial charge in [-0.05, 0) is 38.3 Å². The van der Waals surface area contributed by atoms with Gasteiger partial charge >= 0.3 is 0 Å². The number of hydrogen-bond donors (Lipinski definition) is 2. The van der Waals surface area contributed by atoms with Crippen LogP contribution in [0.5, 0.6) is 5.75 Å². The molecule has 1 aromatic rings. The van der Waals surface area contributed by atoms with Crippen molar-refractivity contribution in [2.45, 2.75) is 38.3 Å². The van der Waals surface area contributed by atoms with Crippen LogP contribution in [0, 0.1) is 0 Å². The molecule has 0 saturated heterocycles. The summed E-state index contributed by atoms with van der Waals surface area (Å²) in [5.74, 6) is 0.920. The molecule has 0 bridgehead atoms. The molecule has 0 unspecified atom stereocenters. The van der Waals surface area contributed by atoms with E-state index < -0.39 is 0 Å². The molecule has 0 heterocycles. The number of ether oxygens (including phenoxy) is 1. The Bertz CT molecular complexity index is 340. The van der Waals surface area contributed by atoms with Crippen molar-refractivity contribution in [3.8, 4) is 5.75 Å². The fraction of sp³-hybridized carbons (Fsp3) is 0.538. The minimum absolute atomic E-state index is 0.273. The number of rotatable bonds is 4. The Labute approximate surface area is 97.0 Å². The summed E-state index contributed by atoms with van der Waals surface area (Å²) in [6, 6.07) is 8.72. The molecule has 3 N–H and O–H groups in total. The lowest BCUT2D eigenvalue weighted by molar-refractivity contribution is 0.341. The van der Waals surface area contributed by atoms with Crippen LogP contribution in [0.1, 0.15) is 26.2 Å². The van der Waals surface area contributed by atoms with Gasteiger partial charge in [-0.3, -0.25) is 0 Å². The molecule has 2 rings (SSSR count). The number of benzene rings is 1. The molecule has 2 atom stereocenters. The zero-order valence-electron chi connectivity index (χ0n) is 9.78. The van der Waals surface area contributed by atoms with Crippen molar-refractivity contribution in [1.82, 2.24) is 0 Å². The molecular weight excluding hydrogens is 200 g/mol. The third-order valence-corrected chi connectivity index (χ3v) is 3.10. The molecule has 1 fully saturated rings. The van der Waals surface area contributed by atoms with Crippen molar-refractivity contribution in [1.29, 1.82) is 0 Å². The third kappa shape index (κ3) is 2.47. The predicted octanol–water partition coefficient (Wildman–Crippen LogP) is 2.38. The van der Waals surface area contributed by atoms with Gasteiger partial charge in [0.2, 0.25) is 0 Å². The molecule has 0 radical (unpaired) electrons. The van der Waals surface area contributed by atoms with Crippen molar-refractivity contribution in [3.63, 3.8) is 0 Å². The summed E-state index contributed by atoms with van der Waals surface area (Å²) in [6.07, 6.45) is 3.49. The molecule has 1 aliphatic rings. The molecule has 1 aliphatic carbocycles. The monoisotopic (exact) mass is 220 g/mol. The van der Waals surface area contributed by atoms with Gasteiger partial charge < -0.3 is 15.8 Å². The molecule has 1 aromatic carbocycles. The Hall–Kier alpha value is -1.22. The van der Waals surface area contributed by atoms with Crippen LogP contribution >= 0.6 is 0 Å². The smallest absolute Gasteiger partial charge is 0.142 e. The molecule has 3 nitrogen and oxygen atoms in total. The topological polar surface area (TPSA) is 47.3 Å². The molecule has 0 aliphatic heterocycles. The average Bonchev–Trinajstić information content (AvgIpc) is 2.68. The normalized spacial score (nSPS) is 24.4. The van der Waals surface area contributed by atoms with Gasteiger partial charge in [-0.2, -0.15) is 0 Å². The van der Waals surface area contributed by atoms with Gasteiger partial charge in [0.05, 0.1) is 12.3 Å². The maximum Gasteiger partial charge on any atom is 0.142 e. The number of para-hydroxylation sites is 2. The summed E-state index contributed by atoms with van der Waals surface area (Å²) >= 11 is 0. The Kier molecular flexibility index (Phi) is 3.67. The minimum Gasteiger partial charge on any atom is -0.492 e. The van der Waals surface area contributed by atoms with Gasteiger partial charge in [-0.25, -0.2) is 0 Å². The van der Waals surface area contributed by atoms with E-state index in [1.165, 1.54) is 6.42 Å². The molecule has 0 aromatic heterocycles. The lowest BCUT2D eigenvalue weighted by atomic mass is 10.1. The Morgan fingerprint density at radius 2 is 2.19 bits per heavy atom. The Balaban J connectivity index is 2.07. The summed E-state index contributed by atoms with van der Waals surface area (Å²) in [5.41, 5.74) is 7.11. The fourth-order valence-corrected chi connectivity index (χ4v) is 2.23. The van der Waals surface area contributed by atoms with Gasteiger partial charge in [0.15, 0.2) is 0 Å². The van der Waals surface area contributed by atoms with Crippen molar-refractivity contribution >= 4 is 5.69 Å². The Morgan fingerprint density at radius 1 is 1.38 bits per heavy atom. The molecular formula is C13H20N2O. The predicted molar refractivity (Wildman–Crippen MR) is 66.8 cm³/mol. The Morgan fingerprint density at radius 3 is 2.88 bits per heavy atom. The highest BCUT2D eigenvalue weighted by Crippen LogP contribution is 2.28. The van der Waals surface area contributed by atoms with Gasteiger partial charge in [0, 0.05) is 12.1 Å². The fourth-order valence-electron chi connectivity index (χ4n) is 2.23. The van der Waals surface area contributed by atoms with Crippen LogP contribution in [0.4, 0.5) is 5.69 Å². The van der Waals surface area contributed by atoms with E-state index in [0.29, 0.717) is 12.6 Å². The first-order valence-electron chi connectivity index (χ1n) is 6.05. The molecule has 16 heavy (non-hydrogen) atoms. The highest BCUT2D eigenvalue weighted by Gasteiger charge is 2.24. The van der Waals surface area contributed by atoms with E-state index in [1.807, 2.05) is 25.1 Å². The highest BCUT2D eigenvalue weighted by molar-refractivity contribution is 5.57. The second-order valence-corrected chi connectivity index (χ2v) is 4.27.